The third-order valence-electron chi connectivity index (χ3n) is 3.17. The highest BCUT2D eigenvalue weighted by atomic mass is 16.5. The summed E-state index contributed by atoms with van der Waals surface area (Å²) in [6.45, 7) is 4.57. The Kier molecular flexibility index (Phi) is 5.44. The van der Waals surface area contributed by atoms with Gasteiger partial charge in [0.15, 0.2) is 0 Å². The molecule has 0 aliphatic rings. The average Bonchev–Trinajstić information content (AvgIpc) is 2.50. The van der Waals surface area contributed by atoms with Crippen molar-refractivity contribution in [2.24, 2.45) is 0 Å². The van der Waals surface area contributed by atoms with Crippen LogP contribution in [-0.2, 0) is 13.1 Å². The highest BCUT2D eigenvalue weighted by Crippen LogP contribution is 2.15. The molecule has 0 heterocycles. The summed E-state index contributed by atoms with van der Waals surface area (Å²) >= 11 is 0. The molecule has 0 saturated heterocycles. The first-order valence-corrected chi connectivity index (χ1v) is 6.98. The summed E-state index contributed by atoms with van der Waals surface area (Å²) in [5.41, 5.74) is 2.52. The zero-order valence-corrected chi connectivity index (χ0v) is 12.1. The van der Waals surface area contributed by atoms with Gasteiger partial charge in [0.25, 0.3) is 0 Å². The van der Waals surface area contributed by atoms with Gasteiger partial charge in [-0.2, -0.15) is 0 Å². The second-order valence-corrected chi connectivity index (χ2v) is 4.59. The van der Waals surface area contributed by atoms with Crippen LogP contribution in [0.5, 0.6) is 11.5 Å². The van der Waals surface area contributed by atoms with Gasteiger partial charge < -0.3 is 14.8 Å². The lowest BCUT2D eigenvalue weighted by Crippen LogP contribution is -2.80. The van der Waals surface area contributed by atoms with Crippen molar-refractivity contribution in [3.63, 3.8) is 0 Å². The van der Waals surface area contributed by atoms with Crippen molar-refractivity contribution in [2.45, 2.75) is 20.0 Å². The summed E-state index contributed by atoms with van der Waals surface area (Å²) in [6, 6.07) is 16.4. The van der Waals surface area contributed by atoms with Crippen molar-refractivity contribution >= 4 is 0 Å². The Morgan fingerprint density at radius 2 is 1.70 bits per heavy atom. The monoisotopic (exact) mass is 272 g/mol. The normalized spacial score (nSPS) is 10.3. The Morgan fingerprint density at radius 1 is 0.950 bits per heavy atom. The first-order valence-electron chi connectivity index (χ1n) is 6.98. The van der Waals surface area contributed by atoms with Gasteiger partial charge in [-0.25, -0.2) is 0 Å². The highest BCUT2D eigenvalue weighted by Gasteiger charge is 2.03. The van der Waals surface area contributed by atoms with Crippen LogP contribution in [0.4, 0.5) is 0 Å². The van der Waals surface area contributed by atoms with E-state index in [2.05, 4.69) is 23.5 Å². The Labute approximate surface area is 120 Å². The molecular formula is C17H22NO2+. The molecule has 3 heteroatoms. The van der Waals surface area contributed by atoms with E-state index in [9.17, 15) is 0 Å². The van der Waals surface area contributed by atoms with E-state index in [1.54, 1.807) is 7.11 Å². The predicted octanol–water partition coefficient (Wildman–Crippen LogP) is 2.36. The molecule has 0 fully saturated rings. The van der Waals surface area contributed by atoms with E-state index >= 15 is 0 Å². The van der Waals surface area contributed by atoms with Crippen molar-refractivity contribution in [1.82, 2.24) is 0 Å². The Bertz CT molecular complexity index is 523. The lowest BCUT2D eigenvalue weighted by Gasteiger charge is -2.08. The summed E-state index contributed by atoms with van der Waals surface area (Å²) in [5.74, 6) is 1.89. The summed E-state index contributed by atoms with van der Waals surface area (Å²) < 4.78 is 10.8. The number of methoxy groups -OCH3 is 1. The number of benzene rings is 2. The number of hydrogen-bond donors (Lipinski definition) is 1. The van der Waals surface area contributed by atoms with Crippen molar-refractivity contribution in [3.05, 3.63) is 59.7 Å². The van der Waals surface area contributed by atoms with Crippen LogP contribution in [0.15, 0.2) is 48.5 Å². The second-order valence-electron chi connectivity index (χ2n) is 4.59. The van der Waals surface area contributed by atoms with Crippen molar-refractivity contribution in [1.29, 1.82) is 0 Å². The van der Waals surface area contributed by atoms with E-state index in [1.807, 2.05) is 37.3 Å². The molecule has 0 spiro atoms. The van der Waals surface area contributed by atoms with Crippen LogP contribution in [0, 0.1) is 0 Å². The lowest BCUT2D eigenvalue weighted by atomic mass is 10.2. The Balaban J connectivity index is 1.86. The first kappa shape index (κ1) is 14.4. The predicted molar refractivity (Wildman–Crippen MR) is 79.9 cm³/mol. The van der Waals surface area contributed by atoms with Crippen LogP contribution in [0.3, 0.4) is 0 Å². The molecule has 0 unspecified atom stereocenters. The molecule has 0 radical (unpaired) electrons. The molecule has 2 N–H and O–H groups in total. The topological polar surface area (TPSA) is 35.1 Å². The van der Waals surface area contributed by atoms with Gasteiger partial charge in [-0.15, -0.1) is 0 Å². The molecule has 2 rings (SSSR count). The van der Waals surface area contributed by atoms with Gasteiger partial charge >= 0.3 is 0 Å². The minimum absolute atomic E-state index is 0.708. The van der Waals surface area contributed by atoms with Gasteiger partial charge in [0.05, 0.1) is 13.7 Å². The van der Waals surface area contributed by atoms with Gasteiger partial charge in [0.1, 0.15) is 24.6 Å². The van der Waals surface area contributed by atoms with Crippen LogP contribution < -0.4 is 14.8 Å². The fourth-order valence-electron chi connectivity index (χ4n) is 2.15. The summed E-state index contributed by atoms with van der Waals surface area (Å²) in [7, 11) is 1.71. The molecule has 0 amide bonds. The van der Waals surface area contributed by atoms with E-state index in [-0.39, 0.29) is 0 Å². The molecule has 2 aromatic carbocycles. The number of rotatable bonds is 7. The van der Waals surface area contributed by atoms with E-state index in [0.717, 1.165) is 24.6 Å². The molecular weight excluding hydrogens is 250 g/mol. The molecule has 20 heavy (non-hydrogen) atoms. The Morgan fingerprint density at radius 3 is 2.40 bits per heavy atom. The van der Waals surface area contributed by atoms with E-state index < -0.39 is 0 Å². The SMILES string of the molecule is CCOc1ccc(C[NH2+]Cc2ccccc2OC)cc1. The molecule has 3 nitrogen and oxygen atoms in total. The van der Waals surface area contributed by atoms with Crippen molar-refractivity contribution < 1.29 is 14.8 Å². The standard InChI is InChI=1S/C17H21NO2/c1-3-20-16-10-8-14(9-11-16)12-18-13-15-6-4-5-7-17(15)19-2/h4-11,18H,3,12-13H2,1-2H3/p+1. The molecule has 0 aromatic heterocycles. The number of quaternary nitrogens is 1. The summed E-state index contributed by atoms with van der Waals surface area (Å²) in [6.07, 6.45) is 0. The van der Waals surface area contributed by atoms with Gasteiger partial charge in [0.2, 0.25) is 0 Å². The zero-order valence-electron chi connectivity index (χ0n) is 12.1. The van der Waals surface area contributed by atoms with Crippen LogP contribution >= 0.6 is 0 Å². The maximum absolute atomic E-state index is 5.44. The quantitative estimate of drug-likeness (QED) is 0.839. The van der Waals surface area contributed by atoms with Gasteiger partial charge in [-0.05, 0) is 43.3 Å². The number of para-hydroxylation sites is 1. The zero-order chi connectivity index (χ0) is 14.2. The third-order valence-corrected chi connectivity index (χ3v) is 3.17. The molecule has 106 valence electrons. The number of ether oxygens (including phenoxy) is 2. The van der Waals surface area contributed by atoms with Gasteiger partial charge in [0, 0.05) is 11.1 Å². The number of hydrogen-bond acceptors (Lipinski definition) is 2. The van der Waals surface area contributed by atoms with Crippen LogP contribution in [0.1, 0.15) is 18.1 Å². The maximum atomic E-state index is 5.44. The van der Waals surface area contributed by atoms with E-state index in [0.29, 0.717) is 6.61 Å². The van der Waals surface area contributed by atoms with E-state index in [4.69, 9.17) is 9.47 Å². The second kappa shape index (κ2) is 7.56. The summed E-state index contributed by atoms with van der Waals surface area (Å²) in [5, 5.41) is 2.27. The average molecular weight is 272 g/mol. The lowest BCUT2D eigenvalue weighted by molar-refractivity contribution is -0.686. The summed E-state index contributed by atoms with van der Waals surface area (Å²) in [4.78, 5) is 0. The minimum atomic E-state index is 0.708. The minimum Gasteiger partial charge on any atom is -0.496 e. The Hall–Kier alpha value is -2.00. The third kappa shape index (κ3) is 4.00. The van der Waals surface area contributed by atoms with E-state index in [1.165, 1.54) is 11.1 Å². The molecule has 0 bridgehead atoms. The fourth-order valence-corrected chi connectivity index (χ4v) is 2.15. The van der Waals surface area contributed by atoms with Crippen LogP contribution in [-0.4, -0.2) is 13.7 Å². The first-order chi connectivity index (χ1) is 9.83. The van der Waals surface area contributed by atoms with Gasteiger partial charge in [-0.3, -0.25) is 0 Å². The maximum Gasteiger partial charge on any atom is 0.127 e. The largest absolute Gasteiger partial charge is 0.496 e. The van der Waals surface area contributed by atoms with Crippen LogP contribution in [0.25, 0.3) is 0 Å². The van der Waals surface area contributed by atoms with Crippen molar-refractivity contribution in [3.8, 4) is 11.5 Å². The molecule has 0 aliphatic heterocycles. The molecule has 0 aliphatic carbocycles. The molecule has 0 saturated carbocycles. The highest BCUT2D eigenvalue weighted by molar-refractivity contribution is 5.32. The molecule has 0 atom stereocenters. The number of nitrogens with two attached hydrogens (primary N) is 1. The van der Waals surface area contributed by atoms with Gasteiger partial charge in [-0.1, -0.05) is 12.1 Å². The van der Waals surface area contributed by atoms with Crippen molar-refractivity contribution in [2.75, 3.05) is 13.7 Å². The smallest absolute Gasteiger partial charge is 0.127 e. The van der Waals surface area contributed by atoms with Crippen LogP contribution in [0.2, 0.25) is 0 Å². The fraction of sp³-hybridized carbons (Fsp3) is 0.294. The molecule has 2 aromatic rings.